The van der Waals surface area contributed by atoms with Crippen molar-refractivity contribution in [2.75, 3.05) is 24.5 Å². The molecule has 3 fully saturated rings. The van der Waals surface area contributed by atoms with E-state index in [0.717, 1.165) is 43.7 Å². The molecule has 2 bridgehead atoms. The molecule has 0 unspecified atom stereocenters. The average Bonchev–Trinajstić information content (AvgIpc) is 2.92. The third kappa shape index (κ3) is 5.52. The van der Waals surface area contributed by atoms with Gasteiger partial charge in [0.1, 0.15) is 18.5 Å². The van der Waals surface area contributed by atoms with E-state index in [2.05, 4.69) is 4.90 Å². The summed E-state index contributed by atoms with van der Waals surface area (Å²) in [4.78, 5) is 28.9. The fraction of sp³-hybridized carbons (Fsp3) is 0.310. The summed E-state index contributed by atoms with van der Waals surface area (Å²) >= 11 is 0. The standard InChI is InChI=1S/C29H30N2O5/c32-28(33)26-12-5-4-8-23(26)20-35-25-11-6-7-21(17-25)18-31(24-9-2-1-3-10-24)29(34)36-27-19-30-15-13-22(27)14-16-30/h1-12,17,22,27H,13-16,18-20H2,(H,32,33)/t27-/m0/s1. The largest absolute Gasteiger partial charge is 0.489 e. The maximum Gasteiger partial charge on any atom is 0.414 e. The Balaban J connectivity index is 1.30. The van der Waals surface area contributed by atoms with Gasteiger partial charge in [0, 0.05) is 17.8 Å². The highest BCUT2D eigenvalue weighted by molar-refractivity contribution is 5.89. The van der Waals surface area contributed by atoms with Crippen molar-refractivity contribution in [1.82, 2.24) is 4.90 Å². The van der Waals surface area contributed by atoms with E-state index in [0.29, 0.717) is 23.8 Å². The maximum absolute atomic E-state index is 13.4. The van der Waals surface area contributed by atoms with Crippen LogP contribution in [0.2, 0.25) is 0 Å². The number of amides is 1. The van der Waals surface area contributed by atoms with Crippen molar-refractivity contribution in [2.24, 2.45) is 5.92 Å². The molecular weight excluding hydrogens is 456 g/mol. The molecule has 36 heavy (non-hydrogen) atoms. The molecule has 0 saturated carbocycles. The second kappa shape index (κ2) is 10.8. The molecule has 0 aromatic heterocycles. The van der Waals surface area contributed by atoms with Crippen LogP contribution < -0.4 is 9.64 Å². The van der Waals surface area contributed by atoms with Gasteiger partial charge < -0.3 is 14.6 Å². The first-order chi connectivity index (χ1) is 17.6. The van der Waals surface area contributed by atoms with Gasteiger partial charge in [0.05, 0.1) is 12.1 Å². The van der Waals surface area contributed by atoms with Crippen LogP contribution in [0.25, 0.3) is 0 Å². The molecule has 3 saturated heterocycles. The van der Waals surface area contributed by atoms with E-state index >= 15 is 0 Å². The van der Waals surface area contributed by atoms with E-state index in [1.54, 1.807) is 29.2 Å². The van der Waals surface area contributed by atoms with Gasteiger partial charge in [0.25, 0.3) is 0 Å². The van der Waals surface area contributed by atoms with Crippen molar-refractivity contribution in [3.63, 3.8) is 0 Å². The van der Waals surface area contributed by atoms with Crippen molar-refractivity contribution in [3.05, 3.63) is 95.6 Å². The molecule has 0 aliphatic carbocycles. The number of hydrogen-bond donors (Lipinski definition) is 1. The lowest BCUT2D eigenvalue weighted by Crippen LogP contribution is -2.53. The molecule has 1 amide bonds. The van der Waals surface area contributed by atoms with Crippen molar-refractivity contribution in [2.45, 2.75) is 32.1 Å². The van der Waals surface area contributed by atoms with E-state index in [-0.39, 0.29) is 24.4 Å². The number of benzene rings is 3. The number of rotatable bonds is 8. The predicted molar refractivity (Wildman–Crippen MR) is 136 cm³/mol. The summed E-state index contributed by atoms with van der Waals surface area (Å²) in [6, 6.07) is 23.8. The summed E-state index contributed by atoms with van der Waals surface area (Å²) < 4.78 is 12.0. The highest BCUT2D eigenvalue weighted by Gasteiger charge is 2.37. The molecule has 3 heterocycles. The number of carboxylic acid groups (broad SMARTS) is 1. The van der Waals surface area contributed by atoms with Crippen LogP contribution in [-0.2, 0) is 17.9 Å². The lowest BCUT2D eigenvalue weighted by molar-refractivity contribution is -0.0311. The molecule has 0 spiro atoms. The molecule has 6 rings (SSSR count). The van der Waals surface area contributed by atoms with Gasteiger partial charge in [0.15, 0.2) is 0 Å². The maximum atomic E-state index is 13.4. The summed E-state index contributed by atoms with van der Waals surface area (Å²) in [5, 5.41) is 9.41. The lowest BCUT2D eigenvalue weighted by atomic mass is 9.86. The Labute approximate surface area is 210 Å². The second-order valence-corrected chi connectivity index (χ2v) is 9.38. The van der Waals surface area contributed by atoms with E-state index in [9.17, 15) is 14.7 Å². The molecule has 186 valence electrons. The quantitative estimate of drug-likeness (QED) is 0.471. The van der Waals surface area contributed by atoms with Crippen LogP contribution in [0.5, 0.6) is 5.75 Å². The van der Waals surface area contributed by atoms with Crippen LogP contribution in [-0.4, -0.2) is 47.8 Å². The minimum atomic E-state index is -0.983. The van der Waals surface area contributed by atoms with Gasteiger partial charge in [-0.1, -0.05) is 48.5 Å². The van der Waals surface area contributed by atoms with Crippen LogP contribution in [0.3, 0.4) is 0 Å². The Morgan fingerprint density at radius 1 is 0.944 bits per heavy atom. The Kier molecular flexibility index (Phi) is 7.18. The molecule has 3 aromatic carbocycles. The van der Waals surface area contributed by atoms with Crippen LogP contribution in [0, 0.1) is 5.92 Å². The van der Waals surface area contributed by atoms with Crippen LogP contribution in [0.1, 0.15) is 34.3 Å². The third-order valence-corrected chi connectivity index (χ3v) is 7.02. The zero-order valence-corrected chi connectivity index (χ0v) is 20.1. The number of carbonyl (C=O) groups excluding carboxylic acids is 1. The Morgan fingerprint density at radius 2 is 1.69 bits per heavy atom. The number of ether oxygens (including phenoxy) is 2. The number of anilines is 1. The monoisotopic (exact) mass is 486 g/mol. The number of fused-ring (bicyclic) bond motifs is 3. The average molecular weight is 487 g/mol. The molecule has 1 N–H and O–H groups in total. The van der Waals surface area contributed by atoms with Crippen molar-refractivity contribution >= 4 is 17.7 Å². The molecular formula is C29H30N2O5. The van der Waals surface area contributed by atoms with Crippen LogP contribution in [0.15, 0.2) is 78.9 Å². The van der Waals surface area contributed by atoms with Gasteiger partial charge in [-0.3, -0.25) is 9.80 Å². The molecule has 7 heteroatoms. The number of hydrogen-bond acceptors (Lipinski definition) is 5. The summed E-state index contributed by atoms with van der Waals surface area (Å²) in [5.41, 5.74) is 2.47. The zero-order chi connectivity index (χ0) is 24.9. The topological polar surface area (TPSA) is 79.3 Å². The lowest BCUT2D eigenvalue weighted by Gasteiger charge is -2.44. The number of carbonyl (C=O) groups is 2. The van der Waals surface area contributed by atoms with E-state index < -0.39 is 5.97 Å². The van der Waals surface area contributed by atoms with Crippen molar-refractivity contribution < 1.29 is 24.2 Å². The summed E-state index contributed by atoms with van der Waals surface area (Å²) in [6.07, 6.45) is 1.73. The SMILES string of the molecule is O=C(O)c1ccccc1COc1cccc(CN(C(=O)O[C@H]2CN3CCC2CC3)c2ccccc2)c1. The fourth-order valence-electron chi connectivity index (χ4n) is 5.04. The molecule has 3 aliphatic rings. The van der Waals surface area contributed by atoms with Gasteiger partial charge in [-0.25, -0.2) is 9.59 Å². The minimum Gasteiger partial charge on any atom is -0.489 e. The Bertz CT molecular complexity index is 1210. The minimum absolute atomic E-state index is 0.0739. The smallest absolute Gasteiger partial charge is 0.414 e. The number of carboxylic acids is 1. The zero-order valence-electron chi connectivity index (χ0n) is 20.1. The van der Waals surface area contributed by atoms with Crippen LogP contribution >= 0.6 is 0 Å². The van der Waals surface area contributed by atoms with Gasteiger partial charge in [-0.2, -0.15) is 0 Å². The first-order valence-corrected chi connectivity index (χ1v) is 12.4. The molecule has 7 nitrogen and oxygen atoms in total. The molecule has 1 atom stereocenters. The predicted octanol–water partition coefficient (Wildman–Crippen LogP) is 5.20. The van der Waals surface area contributed by atoms with E-state index in [1.165, 1.54) is 0 Å². The summed E-state index contributed by atoms with van der Waals surface area (Å²) in [7, 11) is 0. The van der Waals surface area contributed by atoms with Crippen molar-refractivity contribution in [3.8, 4) is 5.75 Å². The highest BCUT2D eigenvalue weighted by Crippen LogP contribution is 2.31. The summed E-state index contributed by atoms with van der Waals surface area (Å²) in [5.74, 6) is 0.0522. The number of para-hydroxylation sites is 1. The molecule has 0 radical (unpaired) electrons. The van der Waals surface area contributed by atoms with Gasteiger partial charge in [-0.15, -0.1) is 0 Å². The number of piperidine rings is 3. The van der Waals surface area contributed by atoms with E-state index in [1.807, 2.05) is 54.6 Å². The van der Waals surface area contributed by atoms with Crippen LogP contribution in [0.4, 0.5) is 10.5 Å². The fourth-order valence-corrected chi connectivity index (χ4v) is 5.04. The Hall–Kier alpha value is -3.84. The first kappa shape index (κ1) is 23.9. The van der Waals surface area contributed by atoms with Gasteiger partial charge in [0.2, 0.25) is 0 Å². The van der Waals surface area contributed by atoms with Gasteiger partial charge >= 0.3 is 12.1 Å². The number of aromatic carboxylic acids is 1. The van der Waals surface area contributed by atoms with Crippen molar-refractivity contribution in [1.29, 1.82) is 0 Å². The first-order valence-electron chi connectivity index (χ1n) is 12.4. The molecule has 3 aromatic rings. The Morgan fingerprint density at radius 3 is 2.42 bits per heavy atom. The highest BCUT2D eigenvalue weighted by atomic mass is 16.6. The summed E-state index contributed by atoms with van der Waals surface area (Å²) in [6.45, 7) is 3.44. The normalized spacial score (nSPS) is 20.5. The van der Waals surface area contributed by atoms with E-state index in [4.69, 9.17) is 9.47 Å². The molecule has 3 aliphatic heterocycles. The van der Waals surface area contributed by atoms with Gasteiger partial charge in [-0.05, 0) is 67.7 Å². The third-order valence-electron chi connectivity index (χ3n) is 7.02. The second-order valence-electron chi connectivity index (χ2n) is 9.38. The number of nitrogens with zero attached hydrogens (tertiary/aromatic N) is 2.